The van der Waals surface area contributed by atoms with Gasteiger partial charge in [-0.1, -0.05) is 48.0 Å². The van der Waals surface area contributed by atoms with Crippen LogP contribution in [-0.2, 0) is 10.0 Å². The molecule has 1 atom stereocenters. The van der Waals surface area contributed by atoms with Crippen molar-refractivity contribution < 1.29 is 17.9 Å². The molecule has 0 unspecified atom stereocenters. The molecule has 0 aromatic heterocycles. The molecule has 1 heterocycles. The highest BCUT2D eigenvalue weighted by Gasteiger charge is 2.25. The molecule has 1 saturated heterocycles. The Bertz CT molecular complexity index is 1260. The lowest BCUT2D eigenvalue weighted by atomic mass is 10.1. The summed E-state index contributed by atoms with van der Waals surface area (Å²) in [5, 5.41) is 3.01. The lowest BCUT2D eigenvalue weighted by Gasteiger charge is -2.28. The summed E-state index contributed by atoms with van der Waals surface area (Å²) in [7, 11) is -2.57. The number of likely N-dealkylation sites (tertiary alicyclic amines) is 1. The van der Waals surface area contributed by atoms with E-state index in [9.17, 15) is 13.2 Å². The first kappa shape index (κ1) is 24.8. The second kappa shape index (κ2) is 10.9. The molecule has 184 valence electrons. The lowest BCUT2D eigenvalue weighted by Crippen LogP contribution is -2.36. The van der Waals surface area contributed by atoms with Gasteiger partial charge in [0.05, 0.1) is 13.2 Å². The maximum absolute atomic E-state index is 13.1. The standard InChI is InChI=1S/C27H31N3O4S/c1-20-10-13-23(14-11-20)29-35(32,33)26-18-22(12-15-25(26)34-2)27(31)28-19-24(30-16-6-7-17-30)21-8-4-3-5-9-21/h3-5,8-15,18,24,29H,6-7,16-17,19H2,1-2H3,(H,28,31)/t24-/m1/s1. The normalized spacial score (nSPS) is 14.9. The van der Waals surface area contributed by atoms with E-state index in [1.54, 1.807) is 18.2 Å². The van der Waals surface area contributed by atoms with E-state index in [1.165, 1.54) is 19.2 Å². The molecule has 2 N–H and O–H groups in total. The van der Waals surface area contributed by atoms with Crippen LogP contribution in [0.5, 0.6) is 5.75 Å². The zero-order chi connectivity index (χ0) is 24.8. The summed E-state index contributed by atoms with van der Waals surface area (Å²) >= 11 is 0. The second-order valence-corrected chi connectivity index (χ2v) is 10.4. The van der Waals surface area contributed by atoms with Crippen LogP contribution in [0, 0.1) is 6.92 Å². The number of ether oxygens (including phenoxy) is 1. The fourth-order valence-corrected chi connectivity index (χ4v) is 5.59. The van der Waals surface area contributed by atoms with Gasteiger partial charge in [-0.2, -0.15) is 0 Å². The number of sulfonamides is 1. The van der Waals surface area contributed by atoms with E-state index in [0.29, 0.717) is 12.2 Å². The molecule has 8 heteroatoms. The summed E-state index contributed by atoms with van der Waals surface area (Å²) in [6, 6.07) is 21.7. The summed E-state index contributed by atoms with van der Waals surface area (Å²) in [4.78, 5) is 15.4. The number of anilines is 1. The maximum atomic E-state index is 13.1. The van der Waals surface area contributed by atoms with E-state index >= 15 is 0 Å². The molecule has 0 saturated carbocycles. The first-order valence-corrected chi connectivity index (χ1v) is 13.2. The third-order valence-corrected chi connectivity index (χ3v) is 7.64. The molecule has 1 fully saturated rings. The Kier molecular flexibility index (Phi) is 7.73. The molecule has 0 radical (unpaired) electrons. The summed E-state index contributed by atoms with van der Waals surface area (Å²) < 4.78 is 34.1. The number of nitrogens with zero attached hydrogens (tertiary/aromatic N) is 1. The number of rotatable bonds is 9. The number of amides is 1. The molecule has 1 aliphatic heterocycles. The van der Waals surface area contributed by atoms with Crippen LogP contribution in [0.25, 0.3) is 0 Å². The minimum Gasteiger partial charge on any atom is -0.495 e. The van der Waals surface area contributed by atoms with Crippen molar-refractivity contribution in [2.45, 2.75) is 30.7 Å². The van der Waals surface area contributed by atoms with Crippen LogP contribution in [0.3, 0.4) is 0 Å². The van der Waals surface area contributed by atoms with Crippen LogP contribution in [0.4, 0.5) is 5.69 Å². The Labute approximate surface area is 207 Å². The van der Waals surface area contributed by atoms with Crippen molar-refractivity contribution in [3.63, 3.8) is 0 Å². The number of hydrogen-bond donors (Lipinski definition) is 2. The van der Waals surface area contributed by atoms with Crippen LogP contribution in [-0.4, -0.2) is 46.0 Å². The first-order chi connectivity index (χ1) is 16.9. The minimum absolute atomic E-state index is 0.0623. The van der Waals surface area contributed by atoms with Crippen LogP contribution in [0.2, 0.25) is 0 Å². The largest absolute Gasteiger partial charge is 0.495 e. The van der Waals surface area contributed by atoms with Gasteiger partial charge in [0.25, 0.3) is 15.9 Å². The monoisotopic (exact) mass is 493 g/mol. The van der Waals surface area contributed by atoms with Gasteiger partial charge in [-0.25, -0.2) is 8.42 Å². The highest BCUT2D eigenvalue weighted by Crippen LogP contribution is 2.28. The predicted octanol–water partition coefficient (Wildman–Crippen LogP) is 4.37. The van der Waals surface area contributed by atoms with Gasteiger partial charge in [-0.15, -0.1) is 0 Å². The molecule has 4 rings (SSSR count). The molecule has 1 amide bonds. The van der Waals surface area contributed by atoms with Gasteiger partial charge in [0, 0.05) is 17.8 Å². The average molecular weight is 494 g/mol. The lowest BCUT2D eigenvalue weighted by molar-refractivity contribution is 0.0937. The number of aryl methyl sites for hydroxylation is 1. The fourth-order valence-electron chi connectivity index (χ4n) is 4.34. The van der Waals surface area contributed by atoms with E-state index < -0.39 is 10.0 Å². The van der Waals surface area contributed by atoms with Gasteiger partial charge in [0.1, 0.15) is 10.6 Å². The highest BCUT2D eigenvalue weighted by molar-refractivity contribution is 7.92. The van der Waals surface area contributed by atoms with Gasteiger partial charge in [-0.05, 0) is 68.8 Å². The Morgan fingerprint density at radius 3 is 2.34 bits per heavy atom. The predicted molar refractivity (Wildman–Crippen MR) is 137 cm³/mol. The van der Waals surface area contributed by atoms with Crippen molar-refractivity contribution in [3.05, 3.63) is 89.5 Å². The SMILES string of the molecule is COc1ccc(C(=O)NC[C@H](c2ccccc2)N2CCCC2)cc1S(=O)(=O)Nc1ccc(C)cc1. The summed E-state index contributed by atoms with van der Waals surface area (Å²) in [6.07, 6.45) is 2.29. The molecular formula is C27H31N3O4S. The van der Waals surface area contributed by atoms with Crippen LogP contribution < -0.4 is 14.8 Å². The smallest absolute Gasteiger partial charge is 0.265 e. The van der Waals surface area contributed by atoms with Crippen molar-refractivity contribution >= 4 is 21.6 Å². The van der Waals surface area contributed by atoms with Gasteiger partial charge < -0.3 is 10.1 Å². The number of benzene rings is 3. The van der Waals surface area contributed by atoms with Crippen LogP contribution >= 0.6 is 0 Å². The van der Waals surface area contributed by atoms with Crippen molar-refractivity contribution in [3.8, 4) is 5.75 Å². The summed E-state index contributed by atoms with van der Waals surface area (Å²) in [5.74, 6) is -0.167. The molecule has 0 bridgehead atoms. The third kappa shape index (κ3) is 6.01. The van der Waals surface area contributed by atoms with Gasteiger partial charge in [0.2, 0.25) is 0 Å². The van der Waals surface area contributed by atoms with E-state index in [4.69, 9.17) is 4.74 Å². The molecule has 3 aromatic carbocycles. The topological polar surface area (TPSA) is 87.7 Å². The Morgan fingerprint density at radius 1 is 1.00 bits per heavy atom. The van der Waals surface area contributed by atoms with Crippen molar-refractivity contribution in [1.82, 2.24) is 10.2 Å². The molecule has 0 spiro atoms. The zero-order valence-electron chi connectivity index (χ0n) is 20.0. The van der Waals surface area contributed by atoms with Crippen molar-refractivity contribution in [2.24, 2.45) is 0 Å². The first-order valence-electron chi connectivity index (χ1n) is 11.7. The minimum atomic E-state index is -3.98. The summed E-state index contributed by atoms with van der Waals surface area (Å²) in [5.41, 5.74) is 2.86. The number of carbonyl (C=O) groups excluding carboxylic acids is 1. The maximum Gasteiger partial charge on any atom is 0.265 e. The fraction of sp³-hybridized carbons (Fsp3) is 0.296. The number of methoxy groups -OCH3 is 1. The zero-order valence-corrected chi connectivity index (χ0v) is 20.8. The molecule has 1 aliphatic rings. The quantitative estimate of drug-likeness (QED) is 0.462. The Hall–Kier alpha value is -3.36. The van der Waals surface area contributed by atoms with Crippen molar-refractivity contribution in [1.29, 1.82) is 0 Å². The summed E-state index contributed by atoms with van der Waals surface area (Å²) in [6.45, 7) is 4.34. The second-order valence-electron chi connectivity index (χ2n) is 8.72. The average Bonchev–Trinajstić information content (AvgIpc) is 3.40. The number of nitrogens with one attached hydrogen (secondary N) is 2. The van der Waals surface area contributed by atoms with Gasteiger partial charge in [0.15, 0.2) is 0 Å². The third-order valence-electron chi connectivity index (χ3n) is 6.24. The van der Waals surface area contributed by atoms with E-state index in [-0.39, 0.29) is 28.2 Å². The Morgan fingerprint density at radius 2 is 1.69 bits per heavy atom. The number of hydrogen-bond acceptors (Lipinski definition) is 5. The molecular weight excluding hydrogens is 462 g/mol. The molecule has 35 heavy (non-hydrogen) atoms. The Balaban J connectivity index is 1.54. The molecule has 3 aromatic rings. The van der Waals surface area contributed by atoms with E-state index in [1.807, 2.05) is 37.3 Å². The van der Waals surface area contributed by atoms with E-state index in [2.05, 4.69) is 27.1 Å². The number of carbonyl (C=O) groups is 1. The molecule has 7 nitrogen and oxygen atoms in total. The van der Waals surface area contributed by atoms with E-state index in [0.717, 1.165) is 37.1 Å². The van der Waals surface area contributed by atoms with Gasteiger partial charge in [-0.3, -0.25) is 14.4 Å². The van der Waals surface area contributed by atoms with Crippen molar-refractivity contribution in [2.75, 3.05) is 31.5 Å². The highest BCUT2D eigenvalue weighted by atomic mass is 32.2. The van der Waals surface area contributed by atoms with Gasteiger partial charge >= 0.3 is 0 Å². The molecule has 0 aliphatic carbocycles. The van der Waals surface area contributed by atoms with Crippen LogP contribution in [0.15, 0.2) is 77.7 Å². The van der Waals surface area contributed by atoms with Crippen LogP contribution in [0.1, 0.15) is 40.4 Å².